The summed E-state index contributed by atoms with van der Waals surface area (Å²) >= 11 is 9.38. The van der Waals surface area contributed by atoms with E-state index in [2.05, 4.69) is 97.2 Å². The molecule has 0 bridgehead atoms. The Morgan fingerprint density at radius 1 is 0.871 bits per heavy atom. The number of hydrogen-bond acceptors (Lipinski definition) is 2. The van der Waals surface area contributed by atoms with Gasteiger partial charge in [0, 0.05) is 33.4 Å². The SMILES string of the molecule is Cc1ccc([C@@H]2[C@@H](c3ccccn3)NC(=S)N2c2ccc(Br)cc2)n1-c1ccccc1. The first-order chi connectivity index (χ1) is 15.1. The number of pyridine rings is 1. The molecule has 5 rings (SSSR count). The second-order valence-electron chi connectivity index (χ2n) is 7.54. The second kappa shape index (κ2) is 8.29. The van der Waals surface area contributed by atoms with Crippen molar-refractivity contribution in [2.24, 2.45) is 0 Å². The Morgan fingerprint density at radius 2 is 1.61 bits per heavy atom. The van der Waals surface area contributed by atoms with E-state index in [1.165, 1.54) is 5.69 Å². The third-order valence-electron chi connectivity index (χ3n) is 5.63. The van der Waals surface area contributed by atoms with Crippen LogP contribution >= 0.6 is 28.1 Å². The maximum absolute atomic E-state index is 5.84. The second-order valence-corrected chi connectivity index (χ2v) is 8.85. The van der Waals surface area contributed by atoms with Crippen molar-refractivity contribution in [2.75, 3.05) is 4.90 Å². The molecule has 154 valence electrons. The first-order valence-electron chi connectivity index (χ1n) is 10.1. The van der Waals surface area contributed by atoms with Gasteiger partial charge < -0.3 is 14.8 Å². The van der Waals surface area contributed by atoms with E-state index in [0.29, 0.717) is 5.11 Å². The number of aromatic nitrogens is 2. The summed E-state index contributed by atoms with van der Waals surface area (Å²) in [4.78, 5) is 6.86. The number of halogens is 1. The maximum atomic E-state index is 5.84. The molecule has 31 heavy (non-hydrogen) atoms. The number of nitrogens with one attached hydrogen (secondary N) is 1. The summed E-state index contributed by atoms with van der Waals surface area (Å²) in [5, 5.41) is 4.24. The molecular formula is C25H21BrN4S. The van der Waals surface area contributed by atoms with Gasteiger partial charge in [-0.25, -0.2) is 0 Å². The van der Waals surface area contributed by atoms with Crippen molar-refractivity contribution in [3.63, 3.8) is 0 Å². The highest BCUT2D eigenvalue weighted by molar-refractivity contribution is 9.10. The summed E-state index contributed by atoms with van der Waals surface area (Å²) in [6, 6.07) is 29.0. The van der Waals surface area contributed by atoms with Crippen molar-refractivity contribution in [2.45, 2.75) is 19.0 Å². The van der Waals surface area contributed by atoms with Gasteiger partial charge in [-0.1, -0.05) is 40.2 Å². The van der Waals surface area contributed by atoms with Crippen LogP contribution in [-0.2, 0) is 0 Å². The molecule has 1 fully saturated rings. The standard InChI is InChI=1S/C25H21BrN4S/c1-17-10-15-22(29(17)19-7-3-2-4-8-19)24-23(21-9-5-6-16-27-21)28-25(31)30(24)20-13-11-18(26)12-14-20/h2-16,23-24H,1H3,(H,28,31)/t23-,24-/m1/s1. The number of para-hydroxylation sites is 1. The van der Waals surface area contributed by atoms with Crippen molar-refractivity contribution < 1.29 is 0 Å². The van der Waals surface area contributed by atoms with Gasteiger partial charge in [-0.3, -0.25) is 4.98 Å². The Hall–Kier alpha value is -2.96. The Kier molecular flexibility index (Phi) is 5.34. The lowest BCUT2D eigenvalue weighted by molar-refractivity contribution is 0.548. The third kappa shape index (κ3) is 3.66. The molecule has 0 spiro atoms. The highest BCUT2D eigenvalue weighted by atomic mass is 79.9. The minimum Gasteiger partial charge on any atom is -0.351 e. The highest BCUT2D eigenvalue weighted by Crippen LogP contribution is 2.42. The molecule has 1 saturated heterocycles. The van der Waals surface area contributed by atoms with Gasteiger partial charge in [0.2, 0.25) is 0 Å². The van der Waals surface area contributed by atoms with Crippen molar-refractivity contribution in [3.05, 3.63) is 113 Å². The Balaban J connectivity index is 1.70. The zero-order valence-electron chi connectivity index (χ0n) is 16.9. The molecule has 4 nitrogen and oxygen atoms in total. The normalized spacial score (nSPS) is 18.3. The summed E-state index contributed by atoms with van der Waals surface area (Å²) in [5.41, 5.74) is 5.48. The molecular weight excluding hydrogens is 468 g/mol. The molecule has 6 heteroatoms. The van der Waals surface area contributed by atoms with Crippen LogP contribution in [0.5, 0.6) is 0 Å². The average Bonchev–Trinajstić information content (AvgIpc) is 3.35. The highest BCUT2D eigenvalue weighted by Gasteiger charge is 2.42. The van der Waals surface area contributed by atoms with Crippen LogP contribution in [0.4, 0.5) is 5.69 Å². The van der Waals surface area contributed by atoms with Crippen LogP contribution in [0, 0.1) is 6.92 Å². The molecule has 0 radical (unpaired) electrons. The zero-order chi connectivity index (χ0) is 21.4. The zero-order valence-corrected chi connectivity index (χ0v) is 19.3. The first kappa shape index (κ1) is 20.0. The van der Waals surface area contributed by atoms with Gasteiger partial charge in [0.15, 0.2) is 5.11 Å². The lowest BCUT2D eigenvalue weighted by Crippen LogP contribution is -2.30. The Bertz CT molecular complexity index is 1210. The molecule has 0 aliphatic carbocycles. The molecule has 3 heterocycles. The minimum atomic E-state index is -0.0749. The Morgan fingerprint density at radius 3 is 2.32 bits per heavy atom. The lowest BCUT2D eigenvalue weighted by atomic mass is 10.0. The summed E-state index contributed by atoms with van der Waals surface area (Å²) in [6.45, 7) is 2.14. The molecule has 0 unspecified atom stereocenters. The largest absolute Gasteiger partial charge is 0.351 e. The van der Waals surface area contributed by atoms with Crippen LogP contribution in [0.2, 0.25) is 0 Å². The summed E-state index contributed by atoms with van der Waals surface area (Å²) in [6.07, 6.45) is 1.83. The average molecular weight is 489 g/mol. The van der Waals surface area contributed by atoms with Gasteiger partial charge in [0.1, 0.15) is 6.04 Å². The van der Waals surface area contributed by atoms with Crippen molar-refractivity contribution in [1.82, 2.24) is 14.9 Å². The van der Waals surface area contributed by atoms with Crippen LogP contribution in [0.3, 0.4) is 0 Å². The number of anilines is 1. The molecule has 2 aromatic carbocycles. The van der Waals surface area contributed by atoms with Crippen molar-refractivity contribution in [1.29, 1.82) is 0 Å². The van der Waals surface area contributed by atoms with E-state index in [4.69, 9.17) is 12.2 Å². The van der Waals surface area contributed by atoms with E-state index in [9.17, 15) is 0 Å². The van der Waals surface area contributed by atoms with Crippen LogP contribution in [0.15, 0.2) is 95.6 Å². The number of hydrogen-bond donors (Lipinski definition) is 1. The molecule has 0 amide bonds. The Labute approximate surface area is 195 Å². The fourth-order valence-electron chi connectivity index (χ4n) is 4.25. The molecule has 4 aromatic rings. The number of benzene rings is 2. The maximum Gasteiger partial charge on any atom is 0.174 e. The lowest BCUT2D eigenvalue weighted by Gasteiger charge is -2.29. The predicted molar refractivity (Wildman–Crippen MR) is 133 cm³/mol. The fraction of sp³-hybridized carbons (Fsp3) is 0.120. The van der Waals surface area contributed by atoms with E-state index in [1.54, 1.807) is 0 Å². The number of rotatable bonds is 4. The summed E-state index contributed by atoms with van der Waals surface area (Å²) in [7, 11) is 0. The van der Waals surface area contributed by atoms with E-state index in [-0.39, 0.29) is 12.1 Å². The van der Waals surface area contributed by atoms with Crippen molar-refractivity contribution in [3.8, 4) is 5.69 Å². The molecule has 1 aliphatic heterocycles. The summed E-state index contributed by atoms with van der Waals surface area (Å²) < 4.78 is 3.35. The molecule has 1 N–H and O–H groups in total. The van der Waals surface area contributed by atoms with Crippen LogP contribution < -0.4 is 10.2 Å². The monoisotopic (exact) mass is 488 g/mol. The van der Waals surface area contributed by atoms with Gasteiger partial charge >= 0.3 is 0 Å². The van der Waals surface area contributed by atoms with Crippen LogP contribution in [0.1, 0.15) is 29.2 Å². The number of nitrogens with zero attached hydrogens (tertiary/aromatic N) is 3. The van der Waals surface area contributed by atoms with E-state index < -0.39 is 0 Å². The van der Waals surface area contributed by atoms with Gasteiger partial charge in [-0.15, -0.1) is 0 Å². The van der Waals surface area contributed by atoms with Crippen LogP contribution in [-0.4, -0.2) is 14.7 Å². The predicted octanol–water partition coefficient (Wildman–Crippen LogP) is 6.12. The van der Waals surface area contributed by atoms with Gasteiger partial charge in [0.25, 0.3) is 0 Å². The van der Waals surface area contributed by atoms with Gasteiger partial charge in [0.05, 0.1) is 11.7 Å². The molecule has 2 atom stereocenters. The third-order valence-corrected chi connectivity index (χ3v) is 6.47. The topological polar surface area (TPSA) is 33.1 Å². The van der Waals surface area contributed by atoms with Gasteiger partial charge in [-0.05, 0) is 79.8 Å². The first-order valence-corrected chi connectivity index (χ1v) is 11.3. The van der Waals surface area contributed by atoms with E-state index in [0.717, 1.165) is 27.2 Å². The summed E-state index contributed by atoms with van der Waals surface area (Å²) in [5.74, 6) is 0. The fourth-order valence-corrected chi connectivity index (χ4v) is 4.86. The minimum absolute atomic E-state index is 0.0579. The van der Waals surface area contributed by atoms with Crippen molar-refractivity contribution >= 4 is 38.9 Å². The molecule has 1 aliphatic rings. The quantitative estimate of drug-likeness (QED) is 0.350. The van der Waals surface area contributed by atoms with E-state index >= 15 is 0 Å². The van der Waals surface area contributed by atoms with Gasteiger partial charge in [-0.2, -0.15) is 0 Å². The molecule has 0 saturated carbocycles. The van der Waals surface area contributed by atoms with Crippen LogP contribution in [0.25, 0.3) is 5.69 Å². The number of thiocarbonyl (C=S) groups is 1. The smallest absolute Gasteiger partial charge is 0.174 e. The number of aryl methyl sites for hydroxylation is 1. The molecule has 2 aromatic heterocycles. The van der Waals surface area contributed by atoms with E-state index in [1.807, 2.05) is 36.5 Å².